The zero-order valence-electron chi connectivity index (χ0n) is 10.5. The average Bonchev–Trinajstić information content (AvgIpc) is 2.86. The number of benzene rings is 1. The number of hydrogen-bond donors (Lipinski definition) is 0. The second kappa shape index (κ2) is 4.97. The van der Waals surface area contributed by atoms with Gasteiger partial charge in [0, 0.05) is 5.92 Å². The standard InChI is InChI=1S/C14H13ClN4/c1-2-11(10-6-4-3-5-7-10)14-18-17-13-9-16-8-12(15)19(13)14/h3-9,11H,2H2,1H3. The van der Waals surface area contributed by atoms with Crippen molar-refractivity contribution in [3.63, 3.8) is 0 Å². The molecule has 1 atom stereocenters. The Morgan fingerprint density at radius 2 is 1.95 bits per heavy atom. The van der Waals surface area contributed by atoms with E-state index in [1.54, 1.807) is 12.4 Å². The summed E-state index contributed by atoms with van der Waals surface area (Å²) in [4.78, 5) is 4.03. The highest BCUT2D eigenvalue weighted by Crippen LogP contribution is 2.28. The number of aromatic nitrogens is 4. The summed E-state index contributed by atoms with van der Waals surface area (Å²) < 4.78 is 1.86. The lowest BCUT2D eigenvalue weighted by atomic mass is 9.96. The predicted octanol–water partition coefficient (Wildman–Crippen LogP) is 3.32. The summed E-state index contributed by atoms with van der Waals surface area (Å²) in [6.07, 6.45) is 4.21. The molecule has 1 unspecified atom stereocenters. The third-order valence-electron chi connectivity index (χ3n) is 3.22. The van der Waals surface area contributed by atoms with Crippen molar-refractivity contribution in [2.75, 3.05) is 0 Å². The van der Waals surface area contributed by atoms with Crippen LogP contribution in [0.4, 0.5) is 0 Å². The minimum absolute atomic E-state index is 0.177. The number of nitrogens with zero attached hydrogens (tertiary/aromatic N) is 4. The number of halogens is 1. The lowest BCUT2D eigenvalue weighted by Crippen LogP contribution is -2.06. The molecule has 0 fully saturated rings. The highest BCUT2D eigenvalue weighted by molar-refractivity contribution is 6.29. The molecule has 2 aromatic heterocycles. The minimum Gasteiger partial charge on any atom is -0.266 e. The third-order valence-corrected chi connectivity index (χ3v) is 3.49. The molecule has 5 heteroatoms. The molecule has 1 aromatic carbocycles. The van der Waals surface area contributed by atoms with Gasteiger partial charge in [0.25, 0.3) is 0 Å². The summed E-state index contributed by atoms with van der Waals surface area (Å²) in [7, 11) is 0. The molecule has 3 rings (SSSR count). The zero-order chi connectivity index (χ0) is 13.2. The van der Waals surface area contributed by atoms with E-state index in [0.29, 0.717) is 10.8 Å². The summed E-state index contributed by atoms with van der Waals surface area (Å²) in [5.74, 6) is 1.03. The van der Waals surface area contributed by atoms with Crippen LogP contribution in [0.3, 0.4) is 0 Å². The maximum Gasteiger partial charge on any atom is 0.180 e. The van der Waals surface area contributed by atoms with Gasteiger partial charge in [-0.05, 0) is 12.0 Å². The van der Waals surface area contributed by atoms with Crippen molar-refractivity contribution in [3.05, 3.63) is 59.3 Å². The van der Waals surface area contributed by atoms with E-state index >= 15 is 0 Å². The van der Waals surface area contributed by atoms with Crippen LogP contribution >= 0.6 is 11.6 Å². The van der Waals surface area contributed by atoms with Crippen molar-refractivity contribution < 1.29 is 0 Å². The van der Waals surface area contributed by atoms with E-state index in [1.165, 1.54) is 5.56 Å². The molecule has 3 aromatic rings. The van der Waals surface area contributed by atoms with Crippen LogP contribution in [0.2, 0.25) is 5.15 Å². The largest absolute Gasteiger partial charge is 0.266 e. The minimum atomic E-state index is 0.177. The fourth-order valence-electron chi connectivity index (χ4n) is 2.31. The lowest BCUT2D eigenvalue weighted by molar-refractivity contribution is 0.706. The van der Waals surface area contributed by atoms with Gasteiger partial charge in [-0.25, -0.2) is 0 Å². The van der Waals surface area contributed by atoms with Gasteiger partial charge in [-0.15, -0.1) is 10.2 Å². The van der Waals surface area contributed by atoms with Crippen LogP contribution in [0.1, 0.15) is 30.7 Å². The fraction of sp³-hybridized carbons (Fsp3) is 0.214. The Hall–Kier alpha value is -1.94. The van der Waals surface area contributed by atoms with Gasteiger partial charge in [0.1, 0.15) is 11.0 Å². The van der Waals surface area contributed by atoms with E-state index in [9.17, 15) is 0 Å². The van der Waals surface area contributed by atoms with E-state index in [1.807, 2.05) is 22.6 Å². The van der Waals surface area contributed by atoms with Gasteiger partial charge in [-0.2, -0.15) is 0 Å². The van der Waals surface area contributed by atoms with Crippen molar-refractivity contribution in [2.24, 2.45) is 0 Å². The number of hydrogen-bond acceptors (Lipinski definition) is 3. The molecule has 0 N–H and O–H groups in total. The molecular formula is C14H13ClN4. The van der Waals surface area contributed by atoms with Gasteiger partial charge < -0.3 is 0 Å². The summed E-state index contributed by atoms with van der Waals surface area (Å²) in [6, 6.07) is 10.3. The Morgan fingerprint density at radius 3 is 2.68 bits per heavy atom. The molecule has 0 saturated heterocycles. The average molecular weight is 273 g/mol. The molecular weight excluding hydrogens is 260 g/mol. The Morgan fingerprint density at radius 1 is 1.16 bits per heavy atom. The Labute approximate surface area is 116 Å². The molecule has 0 aliphatic carbocycles. The second-order valence-electron chi connectivity index (χ2n) is 4.35. The van der Waals surface area contributed by atoms with E-state index < -0.39 is 0 Å². The first-order valence-corrected chi connectivity index (χ1v) is 6.58. The topological polar surface area (TPSA) is 43.1 Å². The summed E-state index contributed by atoms with van der Waals surface area (Å²) >= 11 is 6.21. The highest BCUT2D eigenvalue weighted by atomic mass is 35.5. The first-order valence-electron chi connectivity index (χ1n) is 6.20. The Balaban J connectivity index is 2.17. The predicted molar refractivity (Wildman–Crippen MR) is 74.4 cm³/mol. The van der Waals surface area contributed by atoms with Gasteiger partial charge in [-0.1, -0.05) is 48.9 Å². The number of rotatable bonds is 3. The van der Waals surface area contributed by atoms with Gasteiger partial charge in [0.15, 0.2) is 5.65 Å². The first-order chi connectivity index (χ1) is 9.31. The molecule has 4 nitrogen and oxygen atoms in total. The molecule has 0 bridgehead atoms. The second-order valence-corrected chi connectivity index (χ2v) is 4.74. The lowest BCUT2D eigenvalue weighted by Gasteiger charge is -2.13. The molecule has 0 aliphatic heterocycles. The van der Waals surface area contributed by atoms with Crippen molar-refractivity contribution in [1.29, 1.82) is 0 Å². The maximum atomic E-state index is 6.21. The van der Waals surface area contributed by atoms with Crippen LogP contribution in [0.5, 0.6) is 0 Å². The first kappa shape index (κ1) is 12.1. The van der Waals surface area contributed by atoms with Crippen LogP contribution < -0.4 is 0 Å². The van der Waals surface area contributed by atoms with Crippen LogP contribution in [-0.4, -0.2) is 19.6 Å². The highest BCUT2D eigenvalue weighted by Gasteiger charge is 2.19. The van der Waals surface area contributed by atoms with Gasteiger partial charge in [0.2, 0.25) is 0 Å². The van der Waals surface area contributed by atoms with E-state index in [2.05, 4.69) is 34.2 Å². The van der Waals surface area contributed by atoms with Gasteiger partial charge in [0.05, 0.1) is 12.4 Å². The third kappa shape index (κ3) is 2.08. The van der Waals surface area contributed by atoms with Crippen LogP contribution in [-0.2, 0) is 0 Å². The smallest absolute Gasteiger partial charge is 0.180 e. The molecule has 0 radical (unpaired) electrons. The molecule has 19 heavy (non-hydrogen) atoms. The van der Waals surface area contributed by atoms with E-state index in [4.69, 9.17) is 11.6 Å². The van der Waals surface area contributed by atoms with Crippen molar-refractivity contribution in [3.8, 4) is 0 Å². The molecule has 0 aliphatic rings. The van der Waals surface area contributed by atoms with Gasteiger partial charge >= 0.3 is 0 Å². The normalized spacial score (nSPS) is 12.7. The van der Waals surface area contributed by atoms with Crippen LogP contribution in [0.25, 0.3) is 5.65 Å². The summed E-state index contributed by atoms with van der Waals surface area (Å²) in [6.45, 7) is 2.13. The monoisotopic (exact) mass is 272 g/mol. The van der Waals surface area contributed by atoms with E-state index in [-0.39, 0.29) is 5.92 Å². The maximum absolute atomic E-state index is 6.21. The van der Waals surface area contributed by atoms with Crippen molar-refractivity contribution in [2.45, 2.75) is 19.3 Å². The Kier molecular flexibility index (Phi) is 3.17. The Bertz CT molecular complexity index is 693. The van der Waals surface area contributed by atoms with Crippen molar-refractivity contribution >= 4 is 17.2 Å². The van der Waals surface area contributed by atoms with Crippen LogP contribution in [0, 0.1) is 0 Å². The summed E-state index contributed by atoms with van der Waals surface area (Å²) in [5.41, 5.74) is 1.89. The van der Waals surface area contributed by atoms with Crippen LogP contribution in [0.15, 0.2) is 42.7 Å². The molecule has 0 spiro atoms. The fourth-order valence-corrected chi connectivity index (χ4v) is 2.54. The molecule has 96 valence electrons. The van der Waals surface area contributed by atoms with Crippen molar-refractivity contribution in [1.82, 2.24) is 19.6 Å². The molecule has 0 amide bonds. The quantitative estimate of drug-likeness (QED) is 0.735. The van der Waals surface area contributed by atoms with E-state index in [0.717, 1.165) is 12.2 Å². The summed E-state index contributed by atoms with van der Waals surface area (Å²) in [5, 5.41) is 8.97. The van der Waals surface area contributed by atoms with Gasteiger partial charge in [-0.3, -0.25) is 9.38 Å². The molecule has 2 heterocycles. The molecule has 0 saturated carbocycles. The number of fused-ring (bicyclic) bond motifs is 1. The SMILES string of the molecule is CCC(c1ccccc1)c1nnc2cncc(Cl)n12. The zero-order valence-corrected chi connectivity index (χ0v) is 11.2.